The molecule has 1 saturated heterocycles. The van der Waals surface area contributed by atoms with Crippen molar-refractivity contribution in [2.24, 2.45) is 0 Å². The summed E-state index contributed by atoms with van der Waals surface area (Å²) in [5.41, 5.74) is 1.80. The maximum atomic E-state index is 12.8. The number of carbonyl (C=O) groups excluding carboxylic acids is 1. The van der Waals surface area contributed by atoms with Gasteiger partial charge in [0, 0.05) is 26.8 Å². The fraction of sp³-hybridized carbons (Fsp3) is 0.455. The van der Waals surface area contributed by atoms with E-state index in [1.54, 1.807) is 12.3 Å². The summed E-state index contributed by atoms with van der Waals surface area (Å²) in [6.07, 6.45) is 4.11. The fourth-order valence-electron chi connectivity index (χ4n) is 3.68. The standard InChI is InChI=1S/C22H30N4O2/c1-4-28-18-11-9-17(10-12-18)20(26-14-5-6-15-26)16-24-22(27)19-8-7-13-23-21(19)25(2)3/h7-13,20H,4-6,14-16H2,1-3H3,(H,24,27). The lowest BCUT2D eigenvalue weighted by Crippen LogP contribution is -2.37. The first kappa shape index (κ1) is 20.1. The third-order valence-electron chi connectivity index (χ3n) is 5.07. The topological polar surface area (TPSA) is 57.7 Å². The molecule has 1 N–H and O–H groups in total. The zero-order valence-corrected chi connectivity index (χ0v) is 17.0. The average molecular weight is 383 g/mol. The minimum absolute atomic E-state index is 0.0908. The SMILES string of the molecule is CCOc1ccc(C(CNC(=O)c2cccnc2N(C)C)N2CCCC2)cc1. The Morgan fingerprint density at radius 2 is 1.93 bits per heavy atom. The van der Waals surface area contributed by atoms with E-state index < -0.39 is 0 Å². The van der Waals surface area contributed by atoms with Gasteiger partial charge in [0.25, 0.3) is 5.91 Å². The molecule has 1 aromatic heterocycles. The van der Waals surface area contributed by atoms with Crippen LogP contribution in [0.4, 0.5) is 5.82 Å². The number of pyridine rings is 1. The van der Waals surface area contributed by atoms with Gasteiger partial charge < -0.3 is 15.0 Å². The number of aromatic nitrogens is 1. The van der Waals surface area contributed by atoms with E-state index in [0.29, 0.717) is 24.5 Å². The Hall–Kier alpha value is -2.60. The molecule has 2 heterocycles. The molecule has 1 atom stereocenters. The van der Waals surface area contributed by atoms with E-state index in [1.165, 1.54) is 18.4 Å². The fourth-order valence-corrected chi connectivity index (χ4v) is 3.68. The van der Waals surface area contributed by atoms with E-state index in [0.717, 1.165) is 18.8 Å². The van der Waals surface area contributed by atoms with Gasteiger partial charge in [-0.25, -0.2) is 4.98 Å². The van der Waals surface area contributed by atoms with Crippen LogP contribution in [0.5, 0.6) is 5.75 Å². The average Bonchev–Trinajstić information content (AvgIpc) is 3.24. The highest BCUT2D eigenvalue weighted by Crippen LogP contribution is 2.26. The van der Waals surface area contributed by atoms with Gasteiger partial charge in [0.15, 0.2) is 0 Å². The Morgan fingerprint density at radius 1 is 1.21 bits per heavy atom. The Bertz CT molecular complexity index is 770. The van der Waals surface area contributed by atoms with Gasteiger partial charge in [-0.1, -0.05) is 12.1 Å². The Balaban J connectivity index is 1.74. The molecule has 1 aliphatic rings. The lowest BCUT2D eigenvalue weighted by atomic mass is 10.0. The molecule has 6 heteroatoms. The predicted octanol–water partition coefficient (Wildman–Crippen LogP) is 3.11. The lowest BCUT2D eigenvalue weighted by molar-refractivity contribution is 0.0938. The van der Waals surface area contributed by atoms with Crippen molar-refractivity contribution < 1.29 is 9.53 Å². The molecule has 150 valence electrons. The summed E-state index contributed by atoms with van der Waals surface area (Å²) < 4.78 is 5.56. The number of carbonyl (C=O) groups is 1. The third-order valence-corrected chi connectivity index (χ3v) is 5.07. The van der Waals surface area contributed by atoms with Crippen LogP contribution in [0, 0.1) is 0 Å². The first-order valence-electron chi connectivity index (χ1n) is 9.97. The molecule has 1 aromatic carbocycles. The minimum atomic E-state index is -0.0908. The largest absolute Gasteiger partial charge is 0.494 e. The number of ether oxygens (including phenoxy) is 1. The summed E-state index contributed by atoms with van der Waals surface area (Å²) in [7, 11) is 3.79. The smallest absolute Gasteiger partial charge is 0.255 e. The van der Waals surface area contributed by atoms with Crippen molar-refractivity contribution in [2.45, 2.75) is 25.8 Å². The maximum absolute atomic E-state index is 12.8. The number of anilines is 1. The molecule has 3 rings (SSSR count). The summed E-state index contributed by atoms with van der Waals surface area (Å²) in [5, 5.41) is 3.13. The Morgan fingerprint density at radius 3 is 2.57 bits per heavy atom. The number of rotatable bonds is 8. The van der Waals surface area contributed by atoms with Crippen LogP contribution < -0.4 is 15.0 Å². The van der Waals surface area contributed by atoms with Crippen molar-refractivity contribution in [3.05, 3.63) is 53.7 Å². The highest BCUT2D eigenvalue weighted by Gasteiger charge is 2.25. The molecule has 6 nitrogen and oxygen atoms in total. The van der Waals surface area contributed by atoms with Crippen molar-refractivity contribution in [3.63, 3.8) is 0 Å². The molecule has 0 aliphatic carbocycles. The van der Waals surface area contributed by atoms with Crippen LogP contribution in [0.1, 0.15) is 41.7 Å². The zero-order valence-electron chi connectivity index (χ0n) is 17.0. The van der Waals surface area contributed by atoms with Crippen molar-refractivity contribution in [1.29, 1.82) is 0 Å². The maximum Gasteiger partial charge on any atom is 0.255 e. The van der Waals surface area contributed by atoms with Crippen LogP contribution >= 0.6 is 0 Å². The molecule has 1 aliphatic heterocycles. The predicted molar refractivity (Wildman–Crippen MR) is 112 cm³/mol. The van der Waals surface area contributed by atoms with Crippen molar-refractivity contribution >= 4 is 11.7 Å². The Labute approximate surface area is 167 Å². The van der Waals surface area contributed by atoms with Crippen LogP contribution in [0.2, 0.25) is 0 Å². The summed E-state index contributed by atoms with van der Waals surface area (Å²) in [6.45, 7) is 5.32. The van der Waals surface area contributed by atoms with Gasteiger partial charge in [-0.3, -0.25) is 9.69 Å². The first-order valence-corrected chi connectivity index (χ1v) is 9.97. The number of nitrogens with one attached hydrogen (secondary N) is 1. The van der Waals surface area contributed by atoms with Gasteiger partial charge >= 0.3 is 0 Å². The molecular weight excluding hydrogens is 352 g/mol. The van der Waals surface area contributed by atoms with Crippen LogP contribution in [0.3, 0.4) is 0 Å². The van der Waals surface area contributed by atoms with E-state index in [-0.39, 0.29) is 11.9 Å². The number of nitrogens with zero attached hydrogens (tertiary/aromatic N) is 3. The van der Waals surface area contributed by atoms with Gasteiger partial charge in [-0.15, -0.1) is 0 Å². The van der Waals surface area contributed by atoms with Gasteiger partial charge in [0.05, 0.1) is 18.2 Å². The molecule has 0 radical (unpaired) electrons. The number of amides is 1. The molecule has 0 saturated carbocycles. The van der Waals surface area contributed by atoms with E-state index in [2.05, 4.69) is 27.3 Å². The summed E-state index contributed by atoms with van der Waals surface area (Å²) in [4.78, 5) is 21.5. The second-order valence-corrected chi connectivity index (χ2v) is 7.24. The normalized spacial score (nSPS) is 15.2. The number of hydrogen-bond acceptors (Lipinski definition) is 5. The van der Waals surface area contributed by atoms with Gasteiger partial charge in [-0.05, 0) is 62.7 Å². The second-order valence-electron chi connectivity index (χ2n) is 7.24. The van der Waals surface area contributed by atoms with E-state index >= 15 is 0 Å². The zero-order chi connectivity index (χ0) is 19.9. The van der Waals surface area contributed by atoms with Crippen LogP contribution in [-0.2, 0) is 0 Å². The van der Waals surface area contributed by atoms with E-state index in [1.807, 2.05) is 44.1 Å². The van der Waals surface area contributed by atoms with Crippen LogP contribution in [0.15, 0.2) is 42.6 Å². The van der Waals surface area contributed by atoms with Crippen molar-refractivity contribution in [3.8, 4) is 5.75 Å². The molecule has 28 heavy (non-hydrogen) atoms. The monoisotopic (exact) mass is 382 g/mol. The molecule has 1 amide bonds. The first-order chi connectivity index (χ1) is 13.6. The Kier molecular flexibility index (Phi) is 6.87. The third kappa shape index (κ3) is 4.81. The number of benzene rings is 1. The van der Waals surface area contributed by atoms with E-state index in [9.17, 15) is 4.79 Å². The molecule has 1 fully saturated rings. The van der Waals surface area contributed by atoms with Crippen LogP contribution in [-0.4, -0.2) is 56.1 Å². The molecule has 1 unspecified atom stereocenters. The lowest BCUT2D eigenvalue weighted by Gasteiger charge is -2.28. The van der Waals surface area contributed by atoms with Gasteiger partial charge in [-0.2, -0.15) is 0 Å². The van der Waals surface area contributed by atoms with Gasteiger partial charge in [0.2, 0.25) is 0 Å². The molecule has 0 spiro atoms. The van der Waals surface area contributed by atoms with Gasteiger partial charge in [0.1, 0.15) is 11.6 Å². The highest BCUT2D eigenvalue weighted by atomic mass is 16.5. The highest BCUT2D eigenvalue weighted by molar-refractivity contribution is 5.98. The molecule has 2 aromatic rings. The number of hydrogen-bond donors (Lipinski definition) is 1. The van der Waals surface area contributed by atoms with Crippen molar-refractivity contribution in [1.82, 2.24) is 15.2 Å². The van der Waals surface area contributed by atoms with Crippen LogP contribution in [0.25, 0.3) is 0 Å². The summed E-state index contributed by atoms with van der Waals surface area (Å²) >= 11 is 0. The second kappa shape index (κ2) is 9.55. The minimum Gasteiger partial charge on any atom is -0.494 e. The van der Waals surface area contributed by atoms with E-state index in [4.69, 9.17) is 4.74 Å². The number of likely N-dealkylation sites (tertiary alicyclic amines) is 1. The summed E-state index contributed by atoms with van der Waals surface area (Å²) in [5.74, 6) is 1.46. The molecular formula is C22H30N4O2. The molecule has 0 bridgehead atoms. The van der Waals surface area contributed by atoms with Crippen molar-refractivity contribution in [2.75, 3.05) is 45.2 Å². The summed E-state index contributed by atoms with van der Waals surface area (Å²) in [6, 6.07) is 12.0. The quantitative estimate of drug-likeness (QED) is 0.760.